The Hall–Kier alpha value is -2.25. The predicted octanol–water partition coefficient (Wildman–Crippen LogP) is 2.37. The van der Waals surface area contributed by atoms with Gasteiger partial charge in [0.05, 0.1) is 0 Å². The van der Waals surface area contributed by atoms with E-state index in [9.17, 15) is 13.2 Å². The molecule has 1 fully saturated rings. The van der Waals surface area contributed by atoms with Crippen molar-refractivity contribution in [3.63, 3.8) is 0 Å². The topological polar surface area (TPSA) is 76.6 Å². The second-order valence-electron chi connectivity index (χ2n) is 6.20. The van der Waals surface area contributed by atoms with Crippen LogP contribution in [0.5, 0.6) is 5.75 Å². The molecule has 0 aliphatic carbocycles. The summed E-state index contributed by atoms with van der Waals surface area (Å²) in [6.45, 7) is 1.78. The van der Waals surface area contributed by atoms with Crippen LogP contribution in [0.3, 0.4) is 0 Å². The summed E-state index contributed by atoms with van der Waals surface area (Å²) in [5, 5.41) is 0. The van der Waals surface area contributed by atoms with Gasteiger partial charge in [0.2, 0.25) is 0 Å². The lowest BCUT2D eigenvalue weighted by Gasteiger charge is -2.28. The summed E-state index contributed by atoms with van der Waals surface area (Å²) >= 11 is 0. The third kappa shape index (κ3) is 4.24. The molecule has 1 aromatic heterocycles. The van der Waals surface area contributed by atoms with E-state index in [1.165, 1.54) is 36.7 Å². The van der Waals surface area contributed by atoms with Gasteiger partial charge in [-0.2, -0.15) is 8.42 Å². The number of likely N-dealkylation sites (tertiary alicyclic amines) is 1. The Balaban J connectivity index is 1.77. The van der Waals surface area contributed by atoms with E-state index in [0.717, 1.165) is 25.9 Å². The van der Waals surface area contributed by atoms with Gasteiger partial charge in [0.15, 0.2) is 5.78 Å². The molecule has 3 rings (SSSR count). The number of rotatable bonds is 5. The zero-order chi connectivity index (χ0) is 17.9. The van der Waals surface area contributed by atoms with E-state index in [1.54, 1.807) is 12.1 Å². The molecule has 0 saturated carbocycles. The number of hydrogen-bond donors (Lipinski definition) is 0. The van der Waals surface area contributed by atoms with Crippen LogP contribution in [0.1, 0.15) is 23.2 Å². The molecule has 1 aromatic carbocycles. The Morgan fingerprint density at radius 3 is 2.64 bits per heavy atom. The van der Waals surface area contributed by atoms with Gasteiger partial charge in [0, 0.05) is 23.9 Å². The molecule has 1 aliphatic heterocycles. The van der Waals surface area contributed by atoms with Gasteiger partial charge in [0.1, 0.15) is 10.6 Å². The summed E-state index contributed by atoms with van der Waals surface area (Å²) in [5.74, 6) is 0.140. The molecule has 0 spiro atoms. The van der Waals surface area contributed by atoms with Crippen LogP contribution in [0, 0.1) is 5.92 Å². The summed E-state index contributed by atoms with van der Waals surface area (Å²) in [6.07, 6.45) is 4.34. The molecule has 25 heavy (non-hydrogen) atoms. The highest BCUT2D eigenvalue weighted by Gasteiger charge is 2.25. The summed E-state index contributed by atoms with van der Waals surface area (Å²) in [7, 11) is -1.93. The van der Waals surface area contributed by atoms with Crippen molar-refractivity contribution >= 4 is 15.9 Å². The highest BCUT2D eigenvalue weighted by Crippen LogP contribution is 2.24. The van der Waals surface area contributed by atoms with Crippen molar-refractivity contribution in [1.82, 2.24) is 9.88 Å². The first-order valence-electron chi connectivity index (χ1n) is 8.13. The van der Waals surface area contributed by atoms with Crippen LogP contribution < -0.4 is 4.18 Å². The average molecular weight is 360 g/mol. The standard InChI is InChI=1S/C18H20N2O4S/c1-20-10-7-14(8-11-20)18(21)15-4-2-5-16(12-15)24-25(22,23)17-6-3-9-19-13-17/h2-6,9,12-14H,7-8,10-11H2,1H3. The third-order valence-corrected chi connectivity index (χ3v) is 5.57. The SMILES string of the molecule is CN1CCC(C(=O)c2cccc(OS(=O)(=O)c3cccnc3)c2)CC1. The van der Waals surface area contributed by atoms with E-state index in [0.29, 0.717) is 5.56 Å². The van der Waals surface area contributed by atoms with Crippen molar-refractivity contribution < 1.29 is 17.4 Å². The number of hydrogen-bond acceptors (Lipinski definition) is 6. The van der Waals surface area contributed by atoms with E-state index in [4.69, 9.17) is 4.18 Å². The van der Waals surface area contributed by atoms with Crippen molar-refractivity contribution in [2.75, 3.05) is 20.1 Å². The zero-order valence-corrected chi connectivity index (χ0v) is 14.8. The Morgan fingerprint density at radius 2 is 1.96 bits per heavy atom. The van der Waals surface area contributed by atoms with E-state index >= 15 is 0 Å². The van der Waals surface area contributed by atoms with Gasteiger partial charge < -0.3 is 9.08 Å². The highest BCUT2D eigenvalue weighted by molar-refractivity contribution is 7.87. The summed E-state index contributed by atoms with van der Waals surface area (Å²) < 4.78 is 29.7. The summed E-state index contributed by atoms with van der Waals surface area (Å²) in [6, 6.07) is 9.29. The van der Waals surface area contributed by atoms with Crippen molar-refractivity contribution in [2.24, 2.45) is 5.92 Å². The minimum atomic E-state index is -3.97. The number of aromatic nitrogens is 1. The first-order chi connectivity index (χ1) is 12.0. The van der Waals surface area contributed by atoms with Crippen molar-refractivity contribution in [3.05, 3.63) is 54.4 Å². The molecule has 0 bridgehead atoms. The lowest BCUT2D eigenvalue weighted by Crippen LogP contribution is -2.33. The molecule has 1 saturated heterocycles. The third-order valence-electron chi connectivity index (χ3n) is 4.34. The van der Waals surface area contributed by atoms with Crippen LogP contribution >= 0.6 is 0 Å². The van der Waals surface area contributed by atoms with Crippen LogP contribution in [0.15, 0.2) is 53.7 Å². The van der Waals surface area contributed by atoms with E-state index < -0.39 is 10.1 Å². The largest absolute Gasteiger partial charge is 0.379 e. The van der Waals surface area contributed by atoms with Crippen LogP contribution in [-0.4, -0.2) is 44.2 Å². The molecule has 0 N–H and O–H groups in total. The fourth-order valence-corrected chi connectivity index (χ4v) is 3.77. The molecule has 0 radical (unpaired) electrons. The Bertz CT molecular complexity index is 844. The van der Waals surface area contributed by atoms with E-state index in [1.807, 2.05) is 7.05 Å². The first kappa shape index (κ1) is 17.6. The fourth-order valence-electron chi connectivity index (χ4n) is 2.88. The van der Waals surface area contributed by atoms with Crippen molar-refractivity contribution in [2.45, 2.75) is 17.7 Å². The van der Waals surface area contributed by atoms with Gasteiger partial charge in [-0.3, -0.25) is 9.78 Å². The molecular formula is C18H20N2O4S. The quantitative estimate of drug-likeness (QED) is 0.602. The second-order valence-corrected chi connectivity index (χ2v) is 7.74. The summed E-state index contributed by atoms with van der Waals surface area (Å²) in [5.41, 5.74) is 0.480. The zero-order valence-electron chi connectivity index (χ0n) is 14.0. The minimum absolute atomic E-state index is 0.0259. The van der Waals surface area contributed by atoms with E-state index in [-0.39, 0.29) is 22.3 Å². The molecule has 6 nitrogen and oxygen atoms in total. The molecule has 7 heteroatoms. The predicted molar refractivity (Wildman–Crippen MR) is 93.0 cm³/mol. The fraction of sp³-hybridized carbons (Fsp3) is 0.333. The van der Waals surface area contributed by atoms with Crippen LogP contribution in [0.2, 0.25) is 0 Å². The Kier molecular flexibility index (Phi) is 5.15. The van der Waals surface area contributed by atoms with Crippen molar-refractivity contribution in [1.29, 1.82) is 0 Å². The number of benzene rings is 1. The molecule has 0 amide bonds. The maximum absolute atomic E-state index is 12.7. The van der Waals surface area contributed by atoms with Crippen LogP contribution in [-0.2, 0) is 10.1 Å². The van der Waals surface area contributed by atoms with Gasteiger partial charge in [-0.05, 0) is 57.2 Å². The van der Waals surface area contributed by atoms with Crippen LogP contribution in [0.4, 0.5) is 0 Å². The maximum atomic E-state index is 12.7. The number of carbonyl (C=O) groups excluding carboxylic acids is 1. The second kappa shape index (κ2) is 7.33. The molecule has 2 aromatic rings. The number of carbonyl (C=O) groups is 1. The number of ketones is 1. The van der Waals surface area contributed by atoms with Gasteiger partial charge in [-0.25, -0.2) is 0 Å². The van der Waals surface area contributed by atoms with Gasteiger partial charge in [-0.1, -0.05) is 12.1 Å². The molecule has 0 atom stereocenters. The van der Waals surface area contributed by atoms with Crippen molar-refractivity contribution in [3.8, 4) is 5.75 Å². The Labute approximate surface area is 147 Å². The molecular weight excluding hydrogens is 340 g/mol. The average Bonchev–Trinajstić information content (AvgIpc) is 2.62. The molecule has 1 aliphatic rings. The van der Waals surface area contributed by atoms with E-state index in [2.05, 4.69) is 9.88 Å². The molecule has 132 valence electrons. The number of pyridine rings is 1. The lowest BCUT2D eigenvalue weighted by atomic mass is 9.89. The first-order valence-corrected chi connectivity index (χ1v) is 9.54. The maximum Gasteiger partial charge on any atom is 0.340 e. The summed E-state index contributed by atoms with van der Waals surface area (Å²) in [4.78, 5) is 18.6. The monoisotopic (exact) mass is 360 g/mol. The lowest BCUT2D eigenvalue weighted by molar-refractivity contribution is 0.0856. The molecule has 0 unspecified atom stereocenters. The van der Waals surface area contributed by atoms with Gasteiger partial charge in [0.25, 0.3) is 0 Å². The Morgan fingerprint density at radius 1 is 1.20 bits per heavy atom. The van der Waals surface area contributed by atoms with Crippen LogP contribution in [0.25, 0.3) is 0 Å². The smallest absolute Gasteiger partial charge is 0.340 e. The normalized spacial score (nSPS) is 16.5. The highest BCUT2D eigenvalue weighted by atomic mass is 32.2. The number of Topliss-reactive ketones (excluding diaryl/α,β-unsaturated/α-hetero) is 1. The molecule has 2 heterocycles. The van der Waals surface area contributed by atoms with Gasteiger partial charge in [-0.15, -0.1) is 0 Å². The minimum Gasteiger partial charge on any atom is -0.379 e. The number of piperidine rings is 1. The van der Waals surface area contributed by atoms with Gasteiger partial charge >= 0.3 is 10.1 Å². The number of nitrogens with zero attached hydrogens (tertiary/aromatic N) is 2.